The topological polar surface area (TPSA) is 242 Å². The molecule has 14 aliphatic rings. The number of aliphatic hydroxyl groups excluding tert-OH is 5. The largest absolute Gasteiger partial charge is 0.508 e. The molecular weight excluding hydrogens is 1090 g/mol. The second-order valence-corrected chi connectivity index (χ2v) is 32.3. The van der Waals surface area contributed by atoms with Gasteiger partial charge in [0, 0.05) is 84.7 Å². The van der Waals surface area contributed by atoms with E-state index in [-0.39, 0.29) is 79.1 Å². The van der Waals surface area contributed by atoms with Gasteiger partial charge in [0.05, 0.1) is 40.8 Å². The van der Waals surface area contributed by atoms with Crippen molar-refractivity contribution in [3.8, 4) is 5.75 Å². The number of ketones is 1. The number of hydrogen-bond donors (Lipinski definition) is 9. The molecular formula is C66H92N4O11S2. The Balaban J connectivity index is 1.03. The number of imidazole rings is 1. The van der Waals surface area contributed by atoms with Crippen LogP contribution in [0.3, 0.4) is 0 Å². The third-order valence-corrected chi connectivity index (χ3v) is 29.8. The number of fused-ring (bicyclic) bond motifs is 3. The van der Waals surface area contributed by atoms with E-state index in [2.05, 4.69) is 49.7 Å². The number of benzene rings is 1. The number of nitrogens with one attached hydrogen (secondary N) is 1. The molecule has 17 heteroatoms. The molecule has 0 radical (unpaired) electrons. The van der Waals surface area contributed by atoms with Crippen molar-refractivity contribution in [3.63, 3.8) is 0 Å². The lowest BCUT2D eigenvalue weighted by Crippen LogP contribution is -2.76. The first-order valence-corrected chi connectivity index (χ1v) is 34.5. The molecule has 15 nitrogen and oxygen atoms in total. The van der Waals surface area contributed by atoms with E-state index >= 15 is 14.7 Å². The first kappa shape index (κ1) is 57.9. The van der Waals surface area contributed by atoms with E-state index in [9.17, 15) is 35.7 Å². The van der Waals surface area contributed by atoms with E-state index in [1.807, 2.05) is 25.5 Å². The summed E-state index contributed by atoms with van der Waals surface area (Å²) in [5, 5.41) is 109. The Morgan fingerprint density at radius 1 is 0.904 bits per heavy atom. The number of rotatable bonds is 6. The van der Waals surface area contributed by atoms with Gasteiger partial charge in [-0.1, -0.05) is 67.9 Å². The molecule has 8 fully saturated rings. The molecule has 1 aromatic heterocycles. The van der Waals surface area contributed by atoms with Crippen LogP contribution < -0.4 is 10.2 Å². The molecule has 8 aliphatic carbocycles. The normalized spacial score (nSPS) is 49.3. The van der Waals surface area contributed by atoms with Crippen molar-refractivity contribution in [3.05, 3.63) is 65.8 Å². The van der Waals surface area contributed by atoms with Gasteiger partial charge in [0.15, 0.2) is 5.78 Å². The molecule has 12 bridgehead atoms. The second kappa shape index (κ2) is 19.8. The predicted octanol–water partition coefficient (Wildman–Crippen LogP) is 7.29. The molecule has 6 spiro atoms. The van der Waals surface area contributed by atoms with Crippen LogP contribution in [-0.2, 0) is 33.7 Å². The molecule has 22 atom stereocenters. The highest BCUT2D eigenvalue weighted by Crippen LogP contribution is 2.83. The number of amides is 1. The SMILES string of the molecule is CNCC1CCC2(CN3C(=O)C24C(CO)CCCC4CSSC(O)C24CC(O)C(O)C56CCC(Cn7ccnc7CCCC78C=CCC(O)(C9OC9C(C)C(C)C)C9CCC(O)(C(=CC2=O)C(C7)C54C)C98CCc2cc(O)cc3c2)C6)C1O. The predicted molar refractivity (Wildman–Crippen MR) is 317 cm³/mol. The third kappa shape index (κ3) is 7.30. The van der Waals surface area contributed by atoms with Crippen LogP contribution in [0.4, 0.5) is 5.69 Å². The zero-order chi connectivity index (χ0) is 58.2. The van der Waals surface area contributed by atoms with Crippen molar-refractivity contribution < 1.29 is 55.2 Å². The number of ether oxygens (including phenoxy) is 1. The minimum absolute atomic E-state index is 0.0153. The highest BCUT2D eigenvalue weighted by atomic mass is 33.1. The lowest BCUT2D eigenvalue weighted by molar-refractivity contribution is -0.272. The molecule has 2 aromatic rings. The Labute approximate surface area is 497 Å². The zero-order valence-electron chi connectivity index (χ0n) is 49.4. The second-order valence-electron chi connectivity index (χ2n) is 29.8. The van der Waals surface area contributed by atoms with Gasteiger partial charge in [-0.2, -0.15) is 0 Å². The van der Waals surface area contributed by atoms with Crippen LogP contribution in [-0.4, -0.2) is 142 Å². The number of nitrogens with zero attached hydrogens (tertiary/aromatic N) is 3. The average molecular weight is 1180 g/mol. The summed E-state index contributed by atoms with van der Waals surface area (Å²) in [7, 11) is 4.53. The van der Waals surface area contributed by atoms with Crippen molar-refractivity contribution >= 4 is 39.0 Å². The van der Waals surface area contributed by atoms with Gasteiger partial charge in [-0.15, -0.1) is 0 Å². The van der Waals surface area contributed by atoms with Crippen LogP contribution in [0.15, 0.2) is 54.4 Å². The number of anilines is 1. The van der Waals surface area contributed by atoms with Gasteiger partial charge in [0.1, 0.15) is 28.7 Å². The number of aryl methyl sites for hydroxylation is 2. The summed E-state index contributed by atoms with van der Waals surface area (Å²) in [5.74, 6) is -0.828. The van der Waals surface area contributed by atoms with Crippen LogP contribution in [0.5, 0.6) is 5.75 Å². The van der Waals surface area contributed by atoms with Gasteiger partial charge in [0.25, 0.3) is 0 Å². The molecule has 1 aromatic carbocycles. The number of aliphatic hydroxyl groups is 7. The molecule has 1 amide bonds. The van der Waals surface area contributed by atoms with Gasteiger partial charge < -0.3 is 60.4 Å². The molecule has 83 heavy (non-hydrogen) atoms. The van der Waals surface area contributed by atoms with Crippen molar-refractivity contribution in [1.82, 2.24) is 14.9 Å². The molecule has 7 heterocycles. The van der Waals surface area contributed by atoms with Crippen LogP contribution in [0.2, 0.25) is 0 Å². The number of hydrogen-bond acceptors (Lipinski definition) is 15. The number of aromatic hydroxyl groups is 1. The van der Waals surface area contributed by atoms with Crippen molar-refractivity contribution in [2.45, 2.75) is 197 Å². The van der Waals surface area contributed by atoms with E-state index < -0.39 is 96.7 Å². The summed E-state index contributed by atoms with van der Waals surface area (Å²) in [5.41, 5.74) is -10.9. The fourth-order valence-electron chi connectivity index (χ4n) is 23.3. The molecule has 22 unspecified atom stereocenters. The van der Waals surface area contributed by atoms with E-state index in [1.54, 1.807) is 23.1 Å². The number of epoxide rings is 1. The van der Waals surface area contributed by atoms with E-state index in [0.29, 0.717) is 126 Å². The monoisotopic (exact) mass is 1180 g/mol. The van der Waals surface area contributed by atoms with Gasteiger partial charge in [0.2, 0.25) is 5.91 Å². The molecule has 16 rings (SSSR count). The maximum Gasteiger partial charge on any atom is 0.234 e. The molecule has 6 saturated carbocycles. The number of phenols is 1. The van der Waals surface area contributed by atoms with E-state index in [0.717, 1.165) is 17.8 Å². The summed E-state index contributed by atoms with van der Waals surface area (Å²) in [6, 6.07) is 5.44. The van der Waals surface area contributed by atoms with Crippen molar-refractivity contribution in [1.29, 1.82) is 0 Å². The number of carbonyl (C=O) groups excluding carboxylic acids is 2. The van der Waals surface area contributed by atoms with Gasteiger partial charge in [-0.25, -0.2) is 4.98 Å². The van der Waals surface area contributed by atoms with Crippen LogP contribution >= 0.6 is 21.6 Å². The van der Waals surface area contributed by atoms with Crippen LogP contribution in [0.25, 0.3) is 0 Å². The van der Waals surface area contributed by atoms with Gasteiger partial charge in [-0.3, -0.25) is 9.59 Å². The van der Waals surface area contributed by atoms with Crippen LogP contribution in [0.1, 0.15) is 142 Å². The maximum atomic E-state index is 16.7. The molecule has 454 valence electrons. The van der Waals surface area contributed by atoms with Gasteiger partial charge in [-0.05, 0) is 191 Å². The fourth-order valence-corrected chi connectivity index (χ4v) is 26.3. The lowest BCUT2D eigenvalue weighted by atomic mass is 9.31. The molecule has 6 aliphatic heterocycles. The standard InChI is InChI=1S/C66H92N4O11S2/c1-37(2)38(3)52-55(81-52)63(79)18-8-17-59-16-7-11-51-68-23-24-69(51)33-40-12-19-60(29-40)54(76)48(73)31-62-50(74)28-46(47(30-59)58(60,62)4)65(80)22-15-49(63)64(59,65)21-13-39-25-44(27-45(72)26-39)70-36-61(20-14-41(32-67-5)53(61)75)66(56(70)77)42(34-71)9-6-10-43(66)35-82-83-57(62)78/h8,17,23-28,37-38,40-43,47-49,52-55,57,67,71-73,75-76,78-80H,6-7,9-16,18-22,29-36H2,1-5H3. The Kier molecular flexibility index (Phi) is 13.8. The Hall–Kier alpha value is -2.81. The third-order valence-electron chi connectivity index (χ3n) is 27.1. The average Bonchev–Trinajstić information content (AvgIpc) is 1.65. The smallest absolute Gasteiger partial charge is 0.234 e. The van der Waals surface area contributed by atoms with Gasteiger partial charge >= 0.3 is 0 Å². The van der Waals surface area contributed by atoms with E-state index in [1.165, 1.54) is 21.6 Å². The van der Waals surface area contributed by atoms with Crippen molar-refractivity contribution in [2.24, 2.45) is 85.2 Å². The first-order valence-electron chi connectivity index (χ1n) is 32.1. The van der Waals surface area contributed by atoms with Crippen molar-refractivity contribution in [2.75, 3.05) is 37.4 Å². The summed E-state index contributed by atoms with van der Waals surface area (Å²) in [6.45, 7) is 9.86. The number of phenolic OH excluding ortho intramolecular Hbond substituents is 1. The number of aromatic nitrogens is 2. The lowest BCUT2D eigenvalue weighted by Gasteiger charge is -2.74. The highest BCUT2D eigenvalue weighted by molar-refractivity contribution is 8.76. The number of allylic oxidation sites excluding steroid dienone is 2. The quantitative estimate of drug-likeness (QED) is 0.0784. The molecule has 9 N–H and O–H groups in total. The first-order chi connectivity index (χ1) is 39.6. The summed E-state index contributed by atoms with van der Waals surface area (Å²) >= 11 is 0. The number of carbonyl (C=O) groups is 2. The fraction of sp³-hybridized carbons (Fsp3) is 0.773. The minimum atomic E-state index is -1.71. The maximum absolute atomic E-state index is 16.7. The Morgan fingerprint density at radius 3 is 2.49 bits per heavy atom. The van der Waals surface area contributed by atoms with Crippen LogP contribution in [0, 0.1) is 85.2 Å². The summed E-state index contributed by atoms with van der Waals surface area (Å²) in [4.78, 5) is 39.9. The molecule has 2 saturated heterocycles. The minimum Gasteiger partial charge on any atom is -0.508 e. The summed E-state index contributed by atoms with van der Waals surface area (Å²) < 4.78 is 9.00. The highest BCUT2D eigenvalue weighted by Gasteiger charge is 2.84. The summed E-state index contributed by atoms with van der Waals surface area (Å²) in [6.07, 6.45) is 14.7. The Morgan fingerprint density at radius 2 is 1.71 bits per heavy atom. The Bertz CT molecular complexity index is 2990. The van der Waals surface area contributed by atoms with E-state index in [4.69, 9.17) is 9.72 Å². The zero-order valence-corrected chi connectivity index (χ0v) is 51.1.